The van der Waals surface area contributed by atoms with Gasteiger partial charge in [0.15, 0.2) is 0 Å². The summed E-state index contributed by atoms with van der Waals surface area (Å²) in [5.74, 6) is -0.743. The van der Waals surface area contributed by atoms with Gasteiger partial charge in [-0.2, -0.15) is 0 Å². The number of hydrogen-bond acceptors (Lipinski definition) is 1. The molecule has 1 N–H and O–H groups in total. The first-order chi connectivity index (χ1) is 3.50. The molecule has 2 nitrogen and oxygen atoms in total. The molecule has 8 heavy (non-hydrogen) atoms. The van der Waals surface area contributed by atoms with Crippen molar-refractivity contribution in [3.63, 3.8) is 0 Å². The van der Waals surface area contributed by atoms with Crippen molar-refractivity contribution >= 4 is 51.2 Å². The minimum Gasteiger partial charge on any atom is -0.480 e. The van der Waals surface area contributed by atoms with Crippen LogP contribution in [0.3, 0.4) is 0 Å². The molecule has 0 aliphatic rings. The molecule has 1 atom stereocenters. The molecule has 48 valence electrons. The number of carboxylic acids is 1. The van der Waals surface area contributed by atoms with Gasteiger partial charge in [0.05, 0.1) is 0 Å². The lowest BCUT2D eigenvalue weighted by Gasteiger charge is -2.11. The van der Waals surface area contributed by atoms with E-state index in [0.29, 0.717) is 4.43 Å². The van der Waals surface area contributed by atoms with E-state index in [1.807, 2.05) is 22.6 Å². The van der Waals surface area contributed by atoms with Crippen molar-refractivity contribution < 1.29 is 9.90 Å². The number of alkyl halides is 2. The van der Waals surface area contributed by atoms with Crippen LogP contribution in [0.15, 0.2) is 0 Å². The summed E-state index contributed by atoms with van der Waals surface area (Å²) < 4.78 is 0.0545. The lowest BCUT2D eigenvalue weighted by molar-refractivity contribution is -0.138. The number of rotatable bonds is 2. The van der Waals surface area contributed by atoms with E-state index in [1.54, 1.807) is 6.92 Å². The second kappa shape index (κ2) is 3.19. The van der Waals surface area contributed by atoms with E-state index in [-0.39, 0.29) is 0 Å². The van der Waals surface area contributed by atoms with Crippen molar-refractivity contribution in [3.05, 3.63) is 0 Å². The van der Waals surface area contributed by atoms with E-state index < -0.39 is 9.39 Å². The highest BCUT2D eigenvalue weighted by molar-refractivity contribution is 14.1. The summed E-state index contributed by atoms with van der Waals surface area (Å²) in [5, 5.41) is 8.43. The Morgan fingerprint density at radius 1 is 1.88 bits per heavy atom. The first-order valence-corrected chi connectivity index (χ1v) is 4.59. The van der Waals surface area contributed by atoms with Gasteiger partial charge >= 0.3 is 5.97 Å². The summed E-state index contributed by atoms with van der Waals surface area (Å²) >= 11 is 3.98. The number of aliphatic carboxylic acids is 1. The first-order valence-electron chi connectivity index (χ1n) is 1.99. The lowest BCUT2D eigenvalue weighted by atomic mass is 10.2. The molecule has 4 heteroatoms. The maximum atomic E-state index is 10.2. The molecule has 0 saturated carbocycles. The number of carboxylic acid groups (broad SMARTS) is 1. The second-order valence-electron chi connectivity index (χ2n) is 1.64. The van der Waals surface area contributed by atoms with Crippen LogP contribution in [0.1, 0.15) is 6.92 Å². The van der Waals surface area contributed by atoms with Crippen molar-refractivity contribution in [2.45, 2.75) is 10.3 Å². The largest absolute Gasteiger partial charge is 0.480 e. The average Bonchev–Trinajstić information content (AvgIpc) is 1.67. The molecular formula is C4H6I2O2. The Labute approximate surface area is 75.3 Å². The zero-order chi connectivity index (χ0) is 6.78. The van der Waals surface area contributed by atoms with Crippen LogP contribution in [0, 0.1) is 0 Å². The molecule has 0 radical (unpaired) electrons. The topological polar surface area (TPSA) is 37.3 Å². The maximum absolute atomic E-state index is 10.2. The van der Waals surface area contributed by atoms with Crippen molar-refractivity contribution in [2.24, 2.45) is 0 Å². The summed E-state index contributed by atoms with van der Waals surface area (Å²) in [6.07, 6.45) is 0. The van der Waals surface area contributed by atoms with Crippen LogP contribution >= 0.6 is 45.2 Å². The Hall–Kier alpha value is 0.930. The molecule has 0 aromatic carbocycles. The van der Waals surface area contributed by atoms with Gasteiger partial charge in [-0.15, -0.1) is 0 Å². The van der Waals surface area contributed by atoms with Gasteiger partial charge in [-0.05, 0) is 6.92 Å². The fraction of sp³-hybridized carbons (Fsp3) is 0.750. The van der Waals surface area contributed by atoms with Gasteiger partial charge in [-0.25, -0.2) is 0 Å². The van der Waals surface area contributed by atoms with E-state index in [4.69, 9.17) is 5.11 Å². The standard InChI is InChI=1S/C4H6I2O2/c1-4(6,2-5)3(7)8/h2H2,1H3,(H,7,8). The Morgan fingerprint density at radius 2 is 2.25 bits per heavy atom. The van der Waals surface area contributed by atoms with E-state index in [1.165, 1.54) is 0 Å². The van der Waals surface area contributed by atoms with Crippen molar-refractivity contribution in [3.8, 4) is 0 Å². The summed E-state index contributed by atoms with van der Waals surface area (Å²) in [6.45, 7) is 1.70. The van der Waals surface area contributed by atoms with E-state index in [2.05, 4.69) is 22.6 Å². The number of hydrogen-bond donors (Lipinski definition) is 1. The van der Waals surface area contributed by atoms with Crippen LogP contribution in [0.2, 0.25) is 0 Å². The van der Waals surface area contributed by atoms with Crippen LogP contribution in [-0.4, -0.2) is 18.9 Å². The number of halogens is 2. The lowest BCUT2D eigenvalue weighted by Crippen LogP contribution is -2.28. The Kier molecular flexibility index (Phi) is 3.56. The predicted molar refractivity (Wildman–Crippen MR) is 48.9 cm³/mol. The first kappa shape index (κ1) is 8.93. The van der Waals surface area contributed by atoms with Gasteiger partial charge in [-0.1, -0.05) is 45.2 Å². The van der Waals surface area contributed by atoms with Crippen LogP contribution in [0.25, 0.3) is 0 Å². The molecule has 0 aromatic heterocycles. The van der Waals surface area contributed by atoms with Gasteiger partial charge in [0.25, 0.3) is 0 Å². The normalized spacial score (nSPS) is 17.4. The Bertz CT molecular complexity index is 100. The molecule has 0 aliphatic carbocycles. The van der Waals surface area contributed by atoms with Crippen LogP contribution in [0.5, 0.6) is 0 Å². The highest BCUT2D eigenvalue weighted by atomic mass is 127. The molecule has 0 rings (SSSR count). The number of carbonyl (C=O) groups is 1. The third-order valence-electron chi connectivity index (χ3n) is 0.697. The average molecular weight is 340 g/mol. The molecule has 0 saturated heterocycles. The van der Waals surface area contributed by atoms with Crippen LogP contribution < -0.4 is 0 Å². The van der Waals surface area contributed by atoms with Crippen molar-refractivity contribution in [2.75, 3.05) is 4.43 Å². The maximum Gasteiger partial charge on any atom is 0.320 e. The molecule has 0 aromatic rings. The molecule has 0 bridgehead atoms. The summed E-state index contributed by atoms with van der Waals surface area (Å²) in [7, 11) is 0. The fourth-order valence-electron chi connectivity index (χ4n) is 0.0572. The summed E-state index contributed by atoms with van der Waals surface area (Å²) in [6, 6.07) is 0. The van der Waals surface area contributed by atoms with Crippen LogP contribution in [-0.2, 0) is 4.79 Å². The Balaban J connectivity index is 3.91. The predicted octanol–water partition coefficient (Wildman–Crippen LogP) is 1.70. The zero-order valence-electron chi connectivity index (χ0n) is 4.32. The van der Waals surface area contributed by atoms with Gasteiger partial charge < -0.3 is 5.11 Å². The van der Waals surface area contributed by atoms with Gasteiger partial charge in [0.2, 0.25) is 0 Å². The van der Waals surface area contributed by atoms with Gasteiger partial charge in [0.1, 0.15) is 3.42 Å². The summed E-state index contributed by atoms with van der Waals surface area (Å²) in [5.41, 5.74) is 0. The SMILES string of the molecule is CC(I)(CI)C(=O)O. The highest BCUT2D eigenvalue weighted by Gasteiger charge is 2.27. The molecular weight excluding hydrogens is 334 g/mol. The minimum atomic E-state index is -0.743. The minimum absolute atomic E-state index is 0.585. The molecule has 0 amide bonds. The molecule has 0 aliphatic heterocycles. The fourth-order valence-corrected chi connectivity index (χ4v) is 0.383. The van der Waals surface area contributed by atoms with Gasteiger partial charge in [-0.3, -0.25) is 4.79 Å². The molecule has 1 unspecified atom stereocenters. The highest BCUT2D eigenvalue weighted by Crippen LogP contribution is 2.20. The smallest absolute Gasteiger partial charge is 0.320 e. The summed E-state index contributed by atoms with van der Waals surface area (Å²) in [4.78, 5) is 10.2. The Morgan fingerprint density at radius 3 is 2.25 bits per heavy atom. The molecule has 0 fully saturated rings. The van der Waals surface area contributed by atoms with E-state index in [0.717, 1.165) is 0 Å². The molecule has 0 heterocycles. The zero-order valence-corrected chi connectivity index (χ0v) is 8.63. The van der Waals surface area contributed by atoms with Crippen molar-refractivity contribution in [1.29, 1.82) is 0 Å². The monoisotopic (exact) mass is 340 g/mol. The van der Waals surface area contributed by atoms with Crippen molar-refractivity contribution in [1.82, 2.24) is 0 Å². The molecule has 0 spiro atoms. The van der Waals surface area contributed by atoms with Gasteiger partial charge in [0, 0.05) is 4.43 Å². The third-order valence-corrected chi connectivity index (χ3v) is 4.52. The van der Waals surface area contributed by atoms with E-state index in [9.17, 15) is 4.79 Å². The third kappa shape index (κ3) is 2.47. The quantitative estimate of drug-likeness (QED) is 0.614. The van der Waals surface area contributed by atoms with Crippen LogP contribution in [0.4, 0.5) is 0 Å². The second-order valence-corrected chi connectivity index (χ2v) is 4.78. The van der Waals surface area contributed by atoms with E-state index >= 15 is 0 Å².